The molecule has 0 spiro atoms. The van der Waals surface area contributed by atoms with E-state index in [1.165, 1.54) is 0 Å². The molecule has 1 atom stereocenters. The first-order valence-electron chi connectivity index (χ1n) is 4.16. The molecule has 1 unspecified atom stereocenters. The van der Waals surface area contributed by atoms with Crippen LogP contribution in [-0.4, -0.2) is 23.5 Å². The zero-order valence-corrected chi connectivity index (χ0v) is 8.80. The average molecular weight is 232 g/mol. The zero-order valence-electron chi connectivity index (χ0n) is 8.04. The van der Waals surface area contributed by atoms with Crippen LogP contribution in [0.4, 0.5) is 13.2 Å². The second-order valence-electron chi connectivity index (χ2n) is 3.39. The summed E-state index contributed by atoms with van der Waals surface area (Å²) in [5.74, 6) is -0.949. The number of carbonyl (C=O) groups excluding carboxylic acids is 1. The molecule has 1 N–H and O–H groups in total. The van der Waals surface area contributed by atoms with Crippen molar-refractivity contribution in [3.8, 4) is 0 Å². The molecule has 0 saturated heterocycles. The molecule has 0 heterocycles. The summed E-state index contributed by atoms with van der Waals surface area (Å²) in [5.41, 5.74) is -0.760. The molecule has 0 aliphatic carbocycles. The van der Waals surface area contributed by atoms with Crippen molar-refractivity contribution < 1.29 is 18.0 Å². The maximum atomic E-state index is 11.8. The van der Waals surface area contributed by atoms with Crippen molar-refractivity contribution in [1.82, 2.24) is 5.32 Å². The normalized spacial score (nSPS) is 16.1. The van der Waals surface area contributed by atoms with Crippen LogP contribution < -0.4 is 5.32 Å². The zero-order chi connectivity index (χ0) is 11.4. The molecule has 0 aromatic heterocycles. The highest BCUT2D eigenvalue weighted by molar-refractivity contribution is 6.18. The summed E-state index contributed by atoms with van der Waals surface area (Å²) in [4.78, 5) is 10.9. The van der Waals surface area contributed by atoms with Gasteiger partial charge in [0.25, 0.3) is 0 Å². The fourth-order valence-electron chi connectivity index (χ4n) is 0.779. The monoisotopic (exact) mass is 231 g/mol. The molecule has 0 aromatic rings. The Balaban J connectivity index is 4.18. The molecule has 0 aliphatic rings. The molecular weight excluding hydrogens is 219 g/mol. The van der Waals surface area contributed by atoms with Gasteiger partial charge in [-0.1, -0.05) is 6.92 Å². The predicted octanol–water partition coefficient (Wildman–Crippen LogP) is 2.46. The van der Waals surface area contributed by atoms with Crippen LogP contribution in [0.1, 0.15) is 26.7 Å². The number of nitrogens with one attached hydrogen (secondary N) is 1. The van der Waals surface area contributed by atoms with Crippen molar-refractivity contribution >= 4 is 17.5 Å². The highest BCUT2D eigenvalue weighted by Gasteiger charge is 2.33. The first-order valence-corrected chi connectivity index (χ1v) is 4.69. The average Bonchev–Trinajstić information content (AvgIpc) is 2.00. The first-order chi connectivity index (χ1) is 6.22. The van der Waals surface area contributed by atoms with Crippen molar-refractivity contribution in [1.29, 1.82) is 0 Å². The molecule has 0 fully saturated rings. The van der Waals surface area contributed by atoms with Crippen molar-refractivity contribution in [2.75, 3.05) is 5.88 Å². The fourth-order valence-corrected chi connectivity index (χ4v) is 1.03. The molecule has 0 aliphatic heterocycles. The van der Waals surface area contributed by atoms with Gasteiger partial charge in [0.15, 0.2) is 0 Å². The van der Waals surface area contributed by atoms with Crippen LogP contribution in [0.2, 0.25) is 0 Å². The molecule has 6 heteroatoms. The van der Waals surface area contributed by atoms with E-state index >= 15 is 0 Å². The van der Waals surface area contributed by atoms with Gasteiger partial charge in [-0.25, -0.2) is 0 Å². The quantitative estimate of drug-likeness (QED) is 0.740. The maximum absolute atomic E-state index is 11.8. The highest BCUT2D eigenvalue weighted by atomic mass is 35.5. The Morgan fingerprint density at radius 3 is 2.21 bits per heavy atom. The van der Waals surface area contributed by atoms with Gasteiger partial charge in [0.2, 0.25) is 5.91 Å². The molecule has 1 amide bonds. The number of carbonyl (C=O) groups is 1. The van der Waals surface area contributed by atoms with Crippen molar-refractivity contribution in [3.63, 3.8) is 0 Å². The van der Waals surface area contributed by atoms with Gasteiger partial charge in [-0.3, -0.25) is 4.79 Å². The lowest BCUT2D eigenvalue weighted by atomic mass is 10.0. The third kappa shape index (κ3) is 5.32. The van der Waals surface area contributed by atoms with E-state index in [0.29, 0.717) is 6.42 Å². The molecule has 0 saturated carbocycles. The number of alkyl halides is 4. The van der Waals surface area contributed by atoms with Gasteiger partial charge >= 0.3 is 6.18 Å². The van der Waals surface area contributed by atoms with Gasteiger partial charge in [-0.15, -0.1) is 11.6 Å². The van der Waals surface area contributed by atoms with Crippen LogP contribution in [0.3, 0.4) is 0 Å². The lowest BCUT2D eigenvalue weighted by Gasteiger charge is -2.27. The Kier molecular flexibility index (Phi) is 4.71. The van der Waals surface area contributed by atoms with Gasteiger partial charge in [0.05, 0.1) is 5.54 Å². The minimum Gasteiger partial charge on any atom is -0.349 e. The summed E-state index contributed by atoms with van der Waals surface area (Å²) in [6.45, 7) is 3.35. The number of hydrogen-bond donors (Lipinski definition) is 1. The first kappa shape index (κ1) is 13.5. The second-order valence-corrected chi connectivity index (χ2v) is 3.66. The number of hydrogen-bond acceptors (Lipinski definition) is 1. The molecule has 0 bridgehead atoms. The van der Waals surface area contributed by atoms with Gasteiger partial charge in [0.1, 0.15) is 6.42 Å². The van der Waals surface area contributed by atoms with Crippen molar-refractivity contribution in [2.24, 2.45) is 0 Å². The minimum atomic E-state index is -4.47. The Morgan fingerprint density at radius 2 is 1.93 bits per heavy atom. The summed E-state index contributed by atoms with van der Waals surface area (Å²) >= 11 is 5.53. The predicted molar refractivity (Wildman–Crippen MR) is 48.2 cm³/mol. The van der Waals surface area contributed by atoms with Crippen molar-refractivity contribution in [3.05, 3.63) is 0 Å². The minimum absolute atomic E-state index is 0.0904. The van der Waals surface area contributed by atoms with E-state index in [1.54, 1.807) is 13.8 Å². The Labute approximate surface area is 85.8 Å². The second kappa shape index (κ2) is 4.87. The Hall–Kier alpha value is -0.450. The molecular formula is C8H13ClF3NO. The standard InChI is InChI=1S/C8H13ClF3NO/c1-3-7(2,5-9)13-6(14)4-8(10,11)12/h3-5H2,1-2H3,(H,13,14). The fraction of sp³-hybridized carbons (Fsp3) is 0.875. The summed E-state index contributed by atoms with van der Waals surface area (Å²) in [7, 11) is 0. The smallest absolute Gasteiger partial charge is 0.349 e. The van der Waals surface area contributed by atoms with E-state index in [-0.39, 0.29) is 5.88 Å². The van der Waals surface area contributed by atoms with Crippen LogP contribution in [0, 0.1) is 0 Å². The van der Waals surface area contributed by atoms with Crippen LogP contribution in [-0.2, 0) is 4.79 Å². The van der Waals surface area contributed by atoms with Crippen LogP contribution >= 0.6 is 11.6 Å². The molecule has 14 heavy (non-hydrogen) atoms. The van der Waals surface area contributed by atoms with Crippen LogP contribution in [0.5, 0.6) is 0 Å². The third-order valence-electron chi connectivity index (χ3n) is 1.88. The van der Waals surface area contributed by atoms with Gasteiger partial charge in [0, 0.05) is 5.88 Å². The largest absolute Gasteiger partial charge is 0.397 e. The topological polar surface area (TPSA) is 29.1 Å². The molecule has 0 rings (SSSR count). The van der Waals surface area contributed by atoms with Gasteiger partial charge in [-0.2, -0.15) is 13.2 Å². The lowest BCUT2D eigenvalue weighted by molar-refractivity contribution is -0.154. The van der Waals surface area contributed by atoms with Crippen LogP contribution in [0.25, 0.3) is 0 Å². The summed E-state index contributed by atoms with van der Waals surface area (Å²) in [6, 6.07) is 0. The summed E-state index contributed by atoms with van der Waals surface area (Å²) in [5, 5.41) is 2.26. The van der Waals surface area contributed by atoms with Gasteiger partial charge < -0.3 is 5.32 Å². The highest BCUT2D eigenvalue weighted by Crippen LogP contribution is 2.20. The SMILES string of the molecule is CCC(C)(CCl)NC(=O)CC(F)(F)F. The summed E-state index contributed by atoms with van der Waals surface area (Å²) in [6.07, 6.45) is -5.44. The molecule has 0 aromatic carbocycles. The molecule has 0 radical (unpaired) electrons. The van der Waals surface area contributed by atoms with E-state index in [2.05, 4.69) is 5.32 Å². The van der Waals surface area contributed by atoms with Crippen molar-refractivity contribution in [2.45, 2.75) is 38.4 Å². The van der Waals surface area contributed by atoms with Crippen LogP contribution in [0.15, 0.2) is 0 Å². The van der Waals surface area contributed by atoms with Gasteiger partial charge in [-0.05, 0) is 13.3 Å². The Morgan fingerprint density at radius 1 is 1.43 bits per heavy atom. The molecule has 84 valence electrons. The Bertz CT molecular complexity index is 201. The number of rotatable bonds is 4. The summed E-state index contributed by atoms with van der Waals surface area (Å²) < 4.78 is 35.4. The lowest BCUT2D eigenvalue weighted by Crippen LogP contribution is -2.48. The third-order valence-corrected chi connectivity index (χ3v) is 2.47. The van der Waals surface area contributed by atoms with E-state index in [0.717, 1.165) is 0 Å². The van der Waals surface area contributed by atoms with E-state index < -0.39 is 24.0 Å². The number of halogens is 4. The molecule has 2 nitrogen and oxygen atoms in total. The number of amides is 1. The maximum Gasteiger partial charge on any atom is 0.397 e. The van der Waals surface area contributed by atoms with E-state index in [9.17, 15) is 18.0 Å². The van der Waals surface area contributed by atoms with E-state index in [1.807, 2.05) is 0 Å². The van der Waals surface area contributed by atoms with E-state index in [4.69, 9.17) is 11.6 Å².